The van der Waals surface area contributed by atoms with Crippen molar-refractivity contribution in [3.8, 4) is 0 Å². The molecule has 1 aliphatic rings. The average molecular weight is 220 g/mol. The van der Waals surface area contributed by atoms with Gasteiger partial charge in [-0.05, 0) is 0 Å². The molecule has 1 aromatic heterocycles. The first-order valence-electron chi connectivity index (χ1n) is 4.21. The molecule has 0 atom stereocenters. The van der Waals surface area contributed by atoms with Crippen molar-refractivity contribution < 1.29 is 18.0 Å². The van der Waals surface area contributed by atoms with Crippen LogP contribution in [-0.4, -0.2) is 38.3 Å². The summed E-state index contributed by atoms with van der Waals surface area (Å²) in [6, 6.07) is 0. The lowest BCUT2D eigenvalue weighted by Gasteiger charge is -2.27. The maximum Gasteiger partial charge on any atom is 0.471 e. The molecule has 1 aliphatic heterocycles. The van der Waals surface area contributed by atoms with Gasteiger partial charge in [-0.15, -0.1) is 10.2 Å². The monoisotopic (exact) mass is 220 g/mol. The Labute approximate surface area is 82.5 Å². The summed E-state index contributed by atoms with van der Waals surface area (Å²) in [5.74, 6) is -1.45. The third-order valence-electron chi connectivity index (χ3n) is 2.17. The number of nitrogens with zero attached hydrogens (tertiary/aromatic N) is 4. The van der Waals surface area contributed by atoms with Crippen molar-refractivity contribution in [2.45, 2.75) is 19.3 Å². The Morgan fingerprint density at radius 3 is 2.80 bits per heavy atom. The van der Waals surface area contributed by atoms with Crippen LogP contribution in [-0.2, 0) is 17.9 Å². The number of hydrogen-bond acceptors (Lipinski definition) is 3. The van der Waals surface area contributed by atoms with Crippen molar-refractivity contribution in [2.75, 3.05) is 6.54 Å². The van der Waals surface area contributed by atoms with E-state index in [9.17, 15) is 18.0 Å². The molecule has 8 heteroatoms. The third-order valence-corrected chi connectivity index (χ3v) is 2.17. The summed E-state index contributed by atoms with van der Waals surface area (Å²) in [4.78, 5) is 11.6. The van der Waals surface area contributed by atoms with Crippen molar-refractivity contribution in [3.63, 3.8) is 0 Å². The molecule has 0 saturated carbocycles. The first-order chi connectivity index (χ1) is 6.98. The van der Waals surface area contributed by atoms with Gasteiger partial charge in [0.1, 0.15) is 6.33 Å². The zero-order chi connectivity index (χ0) is 11.1. The molecule has 0 aromatic carbocycles. The van der Waals surface area contributed by atoms with Gasteiger partial charge in [0, 0.05) is 13.1 Å². The first-order valence-corrected chi connectivity index (χ1v) is 4.21. The Morgan fingerprint density at radius 1 is 1.40 bits per heavy atom. The maximum absolute atomic E-state index is 12.1. The molecule has 82 valence electrons. The van der Waals surface area contributed by atoms with Crippen LogP contribution in [0.3, 0.4) is 0 Å². The maximum atomic E-state index is 12.1. The number of halogens is 3. The molecule has 1 amide bonds. The molecule has 0 fully saturated rings. The van der Waals surface area contributed by atoms with E-state index in [2.05, 4.69) is 10.2 Å². The molecule has 5 nitrogen and oxygen atoms in total. The van der Waals surface area contributed by atoms with Crippen LogP contribution in [0.4, 0.5) is 13.2 Å². The van der Waals surface area contributed by atoms with Gasteiger partial charge in [0.15, 0.2) is 5.82 Å². The summed E-state index contributed by atoms with van der Waals surface area (Å²) < 4.78 is 37.9. The van der Waals surface area contributed by atoms with Crippen LogP contribution in [0.5, 0.6) is 0 Å². The van der Waals surface area contributed by atoms with E-state index >= 15 is 0 Å². The molecule has 1 aromatic rings. The number of hydrogen-bond donors (Lipinski definition) is 0. The molecule has 0 bridgehead atoms. The van der Waals surface area contributed by atoms with Gasteiger partial charge in [-0.2, -0.15) is 13.2 Å². The lowest BCUT2D eigenvalue weighted by molar-refractivity contribution is -0.187. The zero-order valence-corrected chi connectivity index (χ0v) is 7.53. The fraction of sp³-hybridized carbons (Fsp3) is 0.571. The Kier molecular flexibility index (Phi) is 2.13. The highest BCUT2D eigenvalue weighted by Gasteiger charge is 2.43. The topological polar surface area (TPSA) is 51.0 Å². The van der Waals surface area contributed by atoms with E-state index in [1.54, 1.807) is 4.57 Å². The van der Waals surface area contributed by atoms with E-state index < -0.39 is 12.1 Å². The molecule has 0 N–H and O–H groups in total. The molecule has 15 heavy (non-hydrogen) atoms. The quantitative estimate of drug-likeness (QED) is 0.626. The van der Waals surface area contributed by atoms with Crippen LogP contribution in [0.15, 0.2) is 6.33 Å². The van der Waals surface area contributed by atoms with E-state index in [0.29, 0.717) is 12.4 Å². The lowest BCUT2D eigenvalue weighted by Crippen LogP contribution is -2.45. The van der Waals surface area contributed by atoms with Crippen LogP contribution in [0.1, 0.15) is 5.82 Å². The van der Waals surface area contributed by atoms with Gasteiger partial charge < -0.3 is 9.47 Å². The van der Waals surface area contributed by atoms with Gasteiger partial charge in [-0.3, -0.25) is 4.79 Å². The van der Waals surface area contributed by atoms with Gasteiger partial charge in [0.25, 0.3) is 0 Å². The Hall–Kier alpha value is -1.60. The second-order valence-electron chi connectivity index (χ2n) is 3.17. The highest BCUT2D eigenvalue weighted by atomic mass is 19.4. The van der Waals surface area contributed by atoms with E-state index in [4.69, 9.17) is 0 Å². The summed E-state index contributed by atoms with van der Waals surface area (Å²) in [7, 11) is 0. The SMILES string of the molecule is O=C(N1CCn2cnnc2C1)C(F)(F)F. The molecule has 2 rings (SSSR count). The number of carbonyl (C=O) groups excluding carboxylic acids is 1. The molecular weight excluding hydrogens is 213 g/mol. The van der Waals surface area contributed by atoms with E-state index in [1.165, 1.54) is 6.33 Å². The molecule has 0 spiro atoms. The van der Waals surface area contributed by atoms with Crippen molar-refractivity contribution in [2.24, 2.45) is 0 Å². The summed E-state index contributed by atoms with van der Waals surface area (Å²) in [6.45, 7) is 0.186. The third kappa shape index (κ3) is 1.79. The molecule has 0 saturated heterocycles. The predicted molar refractivity (Wildman–Crippen MR) is 41.5 cm³/mol. The fourth-order valence-electron chi connectivity index (χ4n) is 1.42. The van der Waals surface area contributed by atoms with Crippen molar-refractivity contribution in [1.29, 1.82) is 0 Å². The Balaban J connectivity index is 2.14. The predicted octanol–water partition coefficient (Wildman–Crippen LogP) is 0.183. The molecule has 0 radical (unpaired) electrons. The largest absolute Gasteiger partial charge is 0.471 e. The van der Waals surface area contributed by atoms with E-state index in [0.717, 1.165) is 4.90 Å². The highest BCUT2D eigenvalue weighted by molar-refractivity contribution is 5.81. The van der Waals surface area contributed by atoms with Crippen LogP contribution in [0.25, 0.3) is 0 Å². The molecule has 2 heterocycles. The van der Waals surface area contributed by atoms with Crippen molar-refractivity contribution in [1.82, 2.24) is 19.7 Å². The molecule has 0 unspecified atom stereocenters. The summed E-state index contributed by atoms with van der Waals surface area (Å²) in [5.41, 5.74) is 0. The number of fused-ring (bicyclic) bond motifs is 1. The molecular formula is C7H7F3N4O. The fourth-order valence-corrected chi connectivity index (χ4v) is 1.42. The second-order valence-corrected chi connectivity index (χ2v) is 3.17. The normalized spacial score (nSPS) is 16.3. The minimum Gasteiger partial charge on any atom is -0.326 e. The Bertz CT molecular complexity index is 386. The molecule has 0 aliphatic carbocycles. The second kappa shape index (κ2) is 3.21. The number of amides is 1. The summed E-state index contributed by atoms with van der Waals surface area (Å²) in [5, 5.41) is 7.18. The zero-order valence-electron chi connectivity index (χ0n) is 7.53. The first kappa shape index (κ1) is 9.94. The van der Waals surface area contributed by atoms with Crippen LogP contribution >= 0.6 is 0 Å². The lowest BCUT2D eigenvalue weighted by atomic mass is 10.3. The number of aromatic nitrogens is 3. The van der Waals surface area contributed by atoms with Crippen LogP contribution < -0.4 is 0 Å². The van der Waals surface area contributed by atoms with Gasteiger partial charge >= 0.3 is 12.1 Å². The van der Waals surface area contributed by atoms with Crippen molar-refractivity contribution >= 4 is 5.91 Å². The standard InChI is InChI=1S/C7H7F3N4O/c8-7(9,10)6(15)13-1-2-14-4-11-12-5(14)3-13/h4H,1-3H2. The number of carbonyl (C=O) groups is 1. The van der Waals surface area contributed by atoms with E-state index in [-0.39, 0.29) is 13.1 Å². The minimum atomic E-state index is -4.82. The van der Waals surface area contributed by atoms with Crippen LogP contribution in [0.2, 0.25) is 0 Å². The van der Waals surface area contributed by atoms with Crippen molar-refractivity contribution in [3.05, 3.63) is 12.2 Å². The van der Waals surface area contributed by atoms with Gasteiger partial charge in [0.05, 0.1) is 6.54 Å². The van der Waals surface area contributed by atoms with Gasteiger partial charge in [-0.1, -0.05) is 0 Å². The summed E-state index contributed by atoms with van der Waals surface area (Å²) >= 11 is 0. The van der Waals surface area contributed by atoms with E-state index in [1.807, 2.05) is 0 Å². The highest BCUT2D eigenvalue weighted by Crippen LogP contribution is 2.21. The minimum absolute atomic E-state index is 0.0311. The smallest absolute Gasteiger partial charge is 0.326 e. The van der Waals surface area contributed by atoms with Gasteiger partial charge in [-0.25, -0.2) is 0 Å². The number of alkyl halides is 3. The average Bonchev–Trinajstić information content (AvgIpc) is 2.61. The summed E-state index contributed by atoms with van der Waals surface area (Å²) in [6.07, 6.45) is -3.38. The number of rotatable bonds is 0. The van der Waals surface area contributed by atoms with Gasteiger partial charge in [0.2, 0.25) is 0 Å². The van der Waals surface area contributed by atoms with Crippen LogP contribution in [0, 0.1) is 0 Å². The Morgan fingerprint density at radius 2 is 2.13 bits per heavy atom.